The molecule has 6 heteroatoms. The number of amides is 1. The molecule has 1 amide bonds. The molecule has 1 aromatic heterocycles. The first-order chi connectivity index (χ1) is 7.65. The lowest BCUT2D eigenvalue weighted by Crippen LogP contribution is -2.12. The molecule has 0 bridgehead atoms. The molecule has 82 valence electrons. The first-order valence-corrected chi connectivity index (χ1v) is 4.96. The van der Waals surface area contributed by atoms with Crippen LogP contribution in [0, 0.1) is 0 Å². The summed E-state index contributed by atoms with van der Waals surface area (Å²) in [6, 6.07) is 6.84. The number of hydrogen-bond donors (Lipinski definition) is 1. The summed E-state index contributed by atoms with van der Waals surface area (Å²) in [4.78, 5) is 13.0. The quantitative estimate of drug-likeness (QED) is 0.864. The number of hydrogen-bond acceptors (Lipinski definition) is 3. The largest absolute Gasteiger partial charge is 0.321 e. The summed E-state index contributed by atoms with van der Waals surface area (Å²) in [5.41, 5.74) is 0.942. The van der Waals surface area contributed by atoms with Crippen LogP contribution in [-0.4, -0.2) is 20.9 Å². The minimum Gasteiger partial charge on any atom is -0.321 e. The monoisotopic (exact) mass is 236 g/mol. The summed E-state index contributed by atoms with van der Waals surface area (Å²) in [7, 11) is 1.65. The third-order valence-electron chi connectivity index (χ3n) is 1.93. The van der Waals surface area contributed by atoms with Crippen LogP contribution >= 0.6 is 11.6 Å². The Morgan fingerprint density at radius 3 is 2.62 bits per heavy atom. The predicted octanol–water partition coefficient (Wildman–Crippen LogP) is 1.72. The lowest BCUT2D eigenvalue weighted by molar-refractivity contribution is 0.102. The molecule has 5 nitrogen and oxygen atoms in total. The second-order valence-electron chi connectivity index (χ2n) is 3.18. The van der Waals surface area contributed by atoms with Gasteiger partial charge < -0.3 is 5.32 Å². The first-order valence-electron chi connectivity index (χ1n) is 4.58. The number of aryl methyl sites for hydroxylation is 1. The summed E-state index contributed by atoms with van der Waals surface area (Å²) in [6.45, 7) is 0. The smallest absolute Gasteiger partial charge is 0.277 e. The fraction of sp³-hybridized carbons (Fsp3) is 0.100. The van der Waals surface area contributed by atoms with Crippen LogP contribution in [0.4, 0.5) is 5.69 Å². The molecule has 0 aliphatic rings. The van der Waals surface area contributed by atoms with E-state index in [2.05, 4.69) is 15.5 Å². The number of carbonyl (C=O) groups excluding carboxylic acids is 1. The lowest BCUT2D eigenvalue weighted by Gasteiger charge is -2.02. The number of rotatable bonds is 2. The average Bonchev–Trinajstić information content (AvgIpc) is 2.68. The highest BCUT2D eigenvalue weighted by Crippen LogP contribution is 2.13. The van der Waals surface area contributed by atoms with Gasteiger partial charge in [0.25, 0.3) is 5.91 Å². The molecule has 2 aromatic rings. The number of carbonyl (C=O) groups is 1. The first kappa shape index (κ1) is 10.6. The van der Waals surface area contributed by atoms with Crippen molar-refractivity contribution in [1.29, 1.82) is 0 Å². The average molecular weight is 237 g/mol. The third-order valence-corrected chi connectivity index (χ3v) is 2.19. The SMILES string of the molecule is Cn1ncc(C(=O)Nc2ccc(Cl)cc2)n1. The van der Waals surface area contributed by atoms with Gasteiger partial charge in [0, 0.05) is 17.8 Å². The molecule has 1 heterocycles. The van der Waals surface area contributed by atoms with Crippen molar-refractivity contribution in [3.63, 3.8) is 0 Å². The Hall–Kier alpha value is -1.88. The molecule has 0 spiro atoms. The van der Waals surface area contributed by atoms with Gasteiger partial charge in [-0.25, -0.2) is 0 Å². The molecule has 0 atom stereocenters. The predicted molar refractivity (Wildman–Crippen MR) is 60.4 cm³/mol. The van der Waals surface area contributed by atoms with Crippen molar-refractivity contribution in [2.45, 2.75) is 0 Å². The zero-order valence-corrected chi connectivity index (χ0v) is 9.27. The van der Waals surface area contributed by atoms with E-state index >= 15 is 0 Å². The molecule has 0 unspecified atom stereocenters. The van der Waals surface area contributed by atoms with E-state index in [1.807, 2.05) is 0 Å². The van der Waals surface area contributed by atoms with E-state index in [4.69, 9.17) is 11.6 Å². The number of aromatic nitrogens is 3. The van der Waals surface area contributed by atoms with Crippen LogP contribution < -0.4 is 5.32 Å². The fourth-order valence-corrected chi connectivity index (χ4v) is 1.30. The molecule has 0 radical (unpaired) electrons. The molecule has 16 heavy (non-hydrogen) atoms. The summed E-state index contributed by atoms with van der Waals surface area (Å²) in [5.74, 6) is -0.296. The third kappa shape index (κ3) is 2.38. The number of nitrogens with zero attached hydrogens (tertiary/aromatic N) is 3. The second kappa shape index (κ2) is 4.32. The highest BCUT2D eigenvalue weighted by molar-refractivity contribution is 6.30. The van der Waals surface area contributed by atoms with Crippen molar-refractivity contribution < 1.29 is 4.79 Å². The molecule has 2 rings (SSSR count). The zero-order valence-electron chi connectivity index (χ0n) is 8.51. The Morgan fingerprint density at radius 2 is 2.06 bits per heavy atom. The van der Waals surface area contributed by atoms with Crippen molar-refractivity contribution in [3.8, 4) is 0 Å². The maximum absolute atomic E-state index is 11.7. The number of halogens is 1. The van der Waals surface area contributed by atoms with Crippen LogP contribution in [0.25, 0.3) is 0 Å². The Kier molecular flexibility index (Phi) is 2.87. The van der Waals surface area contributed by atoms with E-state index in [0.717, 1.165) is 0 Å². The van der Waals surface area contributed by atoms with Gasteiger partial charge in [-0.1, -0.05) is 11.6 Å². The maximum Gasteiger partial charge on any atom is 0.277 e. The second-order valence-corrected chi connectivity index (χ2v) is 3.62. The Bertz CT molecular complexity index is 506. The summed E-state index contributed by atoms with van der Waals surface area (Å²) in [6.07, 6.45) is 1.41. The minimum atomic E-state index is -0.296. The van der Waals surface area contributed by atoms with Gasteiger partial charge in [-0.05, 0) is 24.3 Å². The topological polar surface area (TPSA) is 59.8 Å². The van der Waals surface area contributed by atoms with Crippen molar-refractivity contribution in [2.24, 2.45) is 7.05 Å². The van der Waals surface area contributed by atoms with Gasteiger partial charge in [0.1, 0.15) is 0 Å². The van der Waals surface area contributed by atoms with E-state index in [0.29, 0.717) is 10.7 Å². The standard InChI is InChI=1S/C10H9ClN4O/c1-15-12-6-9(14-15)10(16)13-8-4-2-7(11)3-5-8/h2-6H,1H3,(H,13,16). The van der Waals surface area contributed by atoms with Gasteiger partial charge in [-0.15, -0.1) is 5.10 Å². The number of anilines is 1. The van der Waals surface area contributed by atoms with Crippen LogP contribution in [0.2, 0.25) is 5.02 Å². The van der Waals surface area contributed by atoms with E-state index in [1.54, 1.807) is 31.3 Å². The Balaban J connectivity index is 2.10. The van der Waals surface area contributed by atoms with Gasteiger partial charge in [-0.2, -0.15) is 9.90 Å². The van der Waals surface area contributed by atoms with Crippen LogP contribution in [0.3, 0.4) is 0 Å². The number of nitrogens with one attached hydrogen (secondary N) is 1. The lowest BCUT2D eigenvalue weighted by atomic mass is 10.3. The zero-order chi connectivity index (χ0) is 11.5. The van der Waals surface area contributed by atoms with Crippen molar-refractivity contribution >= 4 is 23.2 Å². The molecular weight excluding hydrogens is 228 g/mol. The highest BCUT2D eigenvalue weighted by Gasteiger charge is 2.09. The van der Waals surface area contributed by atoms with Crippen LogP contribution in [0.1, 0.15) is 10.5 Å². The molecule has 0 saturated heterocycles. The van der Waals surface area contributed by atoms with E-state index < -0.39 is 0 Å². The van der Waals surface area contributed by atoms with E-state index in [1.165, 1.54) is 11.0 Å². The van der Waals surface area contributed by atoms with E-state index in [9.17, 15) is 4.79 Å². The van der Waals surface area contributed by atoms with Gasteiger partial charge in [-0.3, -0.25) is 4.79 Å². The normalized spacial score (nSPS) is 10.1. The maximum atomic E-state index is 11.7. The molecule has 0 fully saturated rings. The fourth-order valence-electron chi connectivity index (χ4n) is 1.18. The molecule has 0 saturated carbocycles. The summed E-state index contributed by atoms with van der Waals surface area (Å²) < 4.78 is 0. The molecule has 0 aliphatic carbocycles. The molecule has 1 N–H and O–H groups in total. The Morgan fingerprint density at radius 1 is 1.38 bits per heavy atom. The summed E-state index contributed by atoms with van der Waals surface area (Å²) in [5, 5.41) is 11.0. The van der Waals surface area contributed by atoms with Gasteiger partial charge in [0.2, 0.25) is 0 Å². The molecule has 1 aromatic carbocycles. The van der Waals surface area contributed by atoms with Gasteiger partial charge in [0.05, 0.1) is 6.20 Å². The minimum absolute atomic E-state index is 0.275. The van der Waals surface area contributed by atoms with Crippen LogP contribution in [0.5, 0.6) is 0 Å². The van der Waals surface area contributed by atoms with Crippen LogP contribution in [0.15, 0.2) is 30.5 Å². The highest BCUT2D eigenvalue weighted by atomic mass is 35.5. The summed E-state index contributed by atoms with van der Waals surface area (Å²) >= 11 is 5.73. The Labute approximate surface area is 97.0 Å². The van der Waals surface area contributed by atoms with Gasteiger partial charge >= 0.3 is 0 Å². The van der Waals surface area contributed by atoms with Crippen molar-refractivity contribution in [2.75, 3.05) is 5.32 Å². The van der Waals surface area contributed by atoms with Crippen molar-refractivity contribution in [3.05, 3.63) is 41.2 Å². The van der Waals surface area contributed by atoms with Gasteiger partial charge in [0.15, 0.2) is 5.69 Å². The van der Waals surface area contributed by atoms with Crippen molar-refractivity contribution in [1.82, 2.24) is 15.0 Å². The number of benzene rings is 1. The molecule has 0 aliphatic heterocycles. The molecular formula is C10H9ClN4O. The van der Waals surface area contributed by atoms with Crippen LogP contribution in [-0.2, 0) is 7.05 Å². The van der Waals surface area contributed by atoms with E-state index in [-0.39, 0.29) is 11.6 Å².